The van der Waals surface area contributed by atoms with E-state index in [0.29, 0.717) is 22.4 Å². The maximum absolute atomic E-state index is 12.3. The number of aryl methyl sites for hydroxylation is 2. The van der Waals surface area contributed by atoms with Crippen LogP contribution in [0.3, 0.4) is 0 Å². The first-order chi connectivity index (χ1) is 13.4. The molecule has 3 rings (SSSR count). The number of nitrogens with zero attached hydrogens (tertiary/aromatic N) is 1. The molecule has 0 bridgehead atoms. The standard InChI is InChI=1S/C19H18N2O7/c1-4-25-19(24)17-16(12-7-5-6-8-13(12)27-17)20-14(22)9-26-18(23)15-10(2)21-28-11(15)3/h5-8H,4,9H2,1-3H3,(H,20,22). The Labute approximate surface area is 159 Å². The van der Waals surface area contributed by atoms with E-state index in [1.165, 1.54) is 0 Å². The summed E-state index contributed by atoms with van der Waals surface area (Å²) in [6.07, 6.45) is 0. The van der Waals surface area contributed by atoms with Crippen LogP contribution in [0.25, 0.3) is 11.0 Å². The molecule has 1 amide bonds. The Balaban J connectivity index is 1.76. The van der Waals surface area contributed by atoms with Gasteiger partial charge in [-0.15, -0.1) is 0 Å². The zero-order valence-corrected chi connectivity index (χ0v) is 15.5. The van der Waals surface area contributed by atoms with E-state index in [1.54, 1.807) is 45.0 Å². The highest BCUT2D eigenvalue weighted by Crippen LogP contribution is 2.31. The van der Waals surface area contributed by atoms with Gasteiger partial charge >= 0.3 is 11.9 Å². The molecule has 0 saturated carbocycles. The Kier molecular flexibility index (Phi) is 5.44. The Morgan fingerprint density at radius 3 is 2.54 bits per heavy atom. The monoisotopic (exact) mass is 386 g/mol. The van der Waals surface area contributed by atoms with Crippen LogP contribution in [0.2, 0.25) is 0 Å². The van der Waals surface area contributed by atoms with E-state index in [4.69, 9.17) is 18.4 Å². The second kappa shape index (κ2) is 7.95. The molecule has 146 valence electrons. The lowest BCUT2D eigenvalue weighted by Crippen LogP contribution is -2.22. The first-order valence-electron chi connectivity index (χ1n) is 8.50. The summed E-state index contributed by atoms with van der Waals surface area (Å²) < 4.78 is 20.4. The number of carbonyl (C=O) groups excluding carboxylic acids is 3. The van der Waals surface area contributed by atoms with Crippen molar-refractivity contribution >= 4 is 34.5 Å². The van der Waals surface area contributed by atoms with E-state index in [9.17, 15) is 14.4 Å². The van der Waals surface area contributed by atoms with Gasteiger partial charge < -0.3 is 23.7 Å². The third-order valence-electron chi connectivity index (χ3n) is 3.89. The zero-order chi connectivity index (χ0) is 20.3. The van der Waals surface area contributed by atoms with E-state index in [1.807, 2.05) is 0 Å². The molecule has 0 radical (unpaired) electrons. The molecular weight excluding hydrogens is 368 g/mol. The van der Waals surface area contributed by atoms with Crippen molar-refractivity contribution < 1.29 is 32.8 Å². The number of hydrogen-bond acceptors (Lipinski definition) is 8. The van der Waals surface area contributed by atoms with Gasteiger partial charge in [0.2, 0.25) is 5.76 Å². The van der Waals surface area contributed by atoms with Crippen molar-refractivity contribution in [1.29, 1.82) is 0 Å². The molecule has 3 aromatic rings. The van der Waals surface area contributed by atoms with Gasteiger partial charge in [0.1, 0.15) is 22.6 Å². The molecule has 0 unspecified atom stereocenters. The number of anilines is 1. The number of ether oxygens (including phenoxy) is 2. The van der Waals surface area contributed by atoms with Crippen molar-refractivity contribution in [3.8, 4) is 0 Å². The van der Waals surface area contributed by atoms with Gasteiger partial charge in [0.15, 0.2) is 6.61 Å². The lowest BCUT2D eigenvalue weighted by Gasteiger charge is -2.07. The molecule has 0 aliphatic rings. The van der Waals surface area contributed by atoms with Crippen molar-refractivity contribution in [2.24, 2.45) is 0 Å². The lowest BCUT2D eigenvalue weighted by molar-refractivity contribution is -0.119. The van der Waals surface area contributed by atoms with Crippen LogP contribution >= 0.6 is 0 Å². The molecule has 9 heteroatoms. The molecular formula is C19H18N2O7. The smallest absolute Gasteiger partial charge is 0.376 e. The Hall–Kier alpha value is -3.62. The fourth-order valence-electron chi connectivity index (χ4n) is 2.66. The minimum Gasteiger partial charge on any atom is -0.460 e. The number of rotatable bonds is 6. The van der Waals surface area contributed by atoms with Crippen LogP contribution in [0.15, 0.2) is 33.2 Å². The van der Waals surface area contributed by atoms with Crippen LogP contribution in [-0.4, -0.2) is 36.2 Å². The third-order valence-corrected chi connectivity index (χ3v) is 3.89. The topological polar surface area (TPSA) is 121 Å². The molecule has 1 N–H and O–H groups in total. The SMILES string of the molecule is CCOC(=O)c1oc2ccccc2c1NC(=O)COC(=O)c1c(C)noc1C. The number of furan rings is 1. The van der Waals surface area contributed by atoms with Gasteiger partial charge in [-0.2, -0.15) is 0 Å². The van der Waals surface area contributed by atoms with Gasteiger partial charge in [0.25, 0.3) is 5.91 Å². The van der Waals surface area contributed by atoms with Gasteiger partial charge in [-0.05, 0) is 32.9 Å². The maximum Gasteiger partial charge on any atom is 0.376 e. The first kappa shape index (κ1) is 19.2. The van der Waals surface area contributed by atoms with Gasteiger partial charge in [0.05, 0.1) is 12.3 Å². The largest absolute Gasteiger partial charge is 0.460 e. The molecule has 0 atom stereocenters. The Morgan fingerprint density at radius 1 is 1.11 bits per heavy atom. The average Bonchev–Trinajstić information content (AvgIpc) is 3.20. The summed E-state index contributed by atoms with van der Waals surface area (Å²) in [4.78, 5) is 36.6. The number of carbonyl (C=O) groups is 3. The summed E-state index contributed by atoms with van der Waals surface area (Å²) in [5, 5.41) is 6.74. The Morgan fingerprint density at radius 2 is 1.86 bits per heavy atom. The lowest BCUT2D eigenvalue weighted by atomic mass is 10.2. The highest BCUT2D eigenvalue weighted by Gasteiger charge is 2.24. The van der Waals surface area contributed by atoms with Crippen LogP contribution in [0, 0.1) is 13.8 Å². The quantitative estimate of drug-likeness (QED) is 0.642. The van der Waals surface area contributed by atoms with Crippen LogP contribution in [0.4, 0.5) is 5.69 Å². The maximum atomic E-state index is 12.3. The van der Waals surface area contributed by atoms with E-state index in [0.717, 1.165) is 0 Å². The summed E-state index contributed by atoms with van der Waals surface area (Å²) in [6.45, 7) is 4.41. The van der Waals surface area contributed by atoms with Crippen LogP contribution in [0.1, 0.15) is 39.3 Å². The highest BCUT2D eigenvalue weighted by molar-refractivity contribution is 6.10. The van der Waals surface area contributed by atoms with Gasteiger partial charge in [-0.25, -0.2) is 9.59 Å². The van der Waals surface area contributed by atoms with Crippen molar-refractivity contribution in [3.05, 3.63) is 47.0 Å². The molecule has 1 aromatic carbocycles. The highest BCUT2D eigenvalue weighted by atomic mass is 16.5. The van der Waals surface area contributed by atoms with Gasteiger partial charge in [0, 0.05) is 5.39 Å². The van der Waals surface area contributed by atoms with E-state index in [-0.39, 0.29) is 23.6 Å². The van der Waals surface area contributed by atoms with Crippen molar-refractivity contribution in [2.45, 2.75) is 20.8 Å². The van der Waals surface area contributed by atoms with Crippen LogP contribution in [-0.2, 0) is 14.3 Å². The molecule has 0 aliphatic carbocycles. The number of fused-ring (bicyclic) bond motifs is 1. The summed E-state index contributed by atoms with van der Waals surface area (Å²) in [5.74, 6) is -1.91. The Bertz CT molecular complexity index is 1030. The summed E-state index contributed by atoms with van der Waals surface area (Å²) in [7, 11) is 0. The average molecular weight is 386 g/mol. The fraction of sp³-hybridized carbons (Fsp3) is 0.263. The van der Waals surface area contributed by atoms with Crippen molar-refractivity contribution in [3.63, 3.8) is 0 Å². The zero-order valence-electron chi connectivity index (χ0n) is 15.5. The minimum absolute atomic E-state index is 0.131. The second-order valence-electron chi connectivity index (χ2n) is 5.85. The molecule has 0 spiro atoms. The predicted octanol–water partition coefficient (Wildman–Crippen LogP) is 3.01. The summed E-state index contributed by atoms with van der Waals surface area (Å²) in [5.41, 5.74) is 1.11. The normalized spacial score (nSPS) is 10.7. The van der Waals surface area contributed by atoms with Gasteiger partial charge in [-0.1, -0.05) is 17.3 Å². The first-order valence-corrected chi connectivity index (χ1v) is 8.50. The molecule has 9 nitrogen and oxygen atoms in total. The molecule has 0 saturated heterocycles. The number of para-hydroxylation sites is 1. The fourth-order valence-corrected chi connectivity index (χ4v) is 2.66. The van der Waals surface area contributed by atoms with E-state index in [2.05, 4.69) is 10.5 Å². The number of benzene rings is 1. The van der Waals surface area contributed by atoms with E-state index < -0.39 is 24.5 Å². The van der Waals surface area contributed by atoms with Crippen molar-refractivity contribution in [1.82, 2.24) is 5.16 Å². The number of aromatic nitrogens is 1. The van der Waals surface area contributed by atoms with Gasteiger partial charge in [-0.3, -0.25) is 4.79 Å². The molecule has 2 heterocycles. The molecule has 28 heavy (non-hydrogen) atoms. The summed E-state index contributed by atoms with van der Waals surface area (Å²) >= 11 is 0. The third kappa shape index (κ3) is 3.73. The molecule has 0 aliphatic heterocycles. The van der Waals surface area contributed by atoms with Crippen LogP contribution < -0.4 is 5.32 Å². The minimum atomic E-state index is -0.728. The summed E-state index contributed by atoms with van der Waals surface area (Å²) in [6, 6.07) is 6.82. The van der Waals surface area contributed by atoms with E-state index >= 15 is 0 Å². The van der Waals surface area contributed by atoms with Crippen molar-refractivity contribution in [2.75, 3.05) is 18.5 Å². The number of esters is 2. The number of hydrogen-bond donors (Lipinski definition) is 1. The number of amides is 1. The second-order valence-corrected chi connectivity index (χ2v) is 5.85. The number of nitrogens with one attached hydrogen (secondary N) is 1. The van der Waals surface area contributed by atoms with Crippen LogP contribution in [0.5, 0.6) is 0 Å². The predicted molar refractivity (Wildman–Crippen MR) is 97.1 cm³/mol. The molecule has 2 aromatic heterocycles. The molecule has 0 fully saturated rings.